The SMILES string of the molecule is NC(=O)CNC(=O)CN1C[C@H](C(=O)N2CCCCC2)Oc2ccccc21. The molecule has 2 heterocycles. The summed E-state index contributed by atoms with van der Waals surface area (Å²) in [6.07, 6.45) is 2.51. The van der Waals surface area contributed by atoms with Crippen molar-refractivity contribution >= 4 is 23.4 Å². The maximum atomic E-state index is 12.8. The molecule has 0 aromatic heterocycles. The number of primary amides is 1. The molecule has 3 rings (SSSR count). The van der Waals surface area contributed by atoms with Gasteiger partial charge in [0.25, 0.3) is 5.91 Å². The van der Waals surface area contributed by atoms with Crippen molar-refractivity contribution in [2.75, 3.05) is 37.6 Å². The molecule has 1 fully saturated rings. The first-order valence-corrected chi connectivity index (χ1v) is 8.89. The van der Waals surface area contributed by atoms with E-state index in [0.717, 1.165) is 38.0 Å². The number of rotatable bonds is 5. The second-order valence-corrected chi connectivity index (χ2v) is 6.58. The van der Waals surface area contributed by atoms with Gasteiger partial charge >= 0.3 is 0 Å². The van der Waals surface area contributed by atoms with E-state index < -0.39 is 12.0 Å². The zero-order chi connectivity index (χ0) is 18.5. The molecule has 0 bridgehead atoms. The first kappa shape index (κ1) is 18.0. The number of nitrogens with zero attached hydrogens (tertiary/aromatic N) is 2. The fraction of sp³-hybridized carbons (Fsp3) is 0.500. The summed E-state index contributed by atoms with van der Waals surface area (Å²) in [6, 6.07) is 7.32. The van der Waals surface area contributed by atoms with Gasteiger partial charge in [0.05, 0.1) is 25.3 Å². The lowest BCUT2D eigenvalue weighted by molar-refractivity contribution is -0.139. The highest BCUT2D eigenvalue weighted by Gasteiger charge is 2.34. The lowest BCUT2D eigenvalue weighted by Gasteiger charge is -2.38. The van der Waals surface area contributed by atoms with Crippen LogP contribution in [-0.4, -0.2) is 61.4 Å². The molecule has 0 aliphatic carbocycles. The van der Waals surface area contributed by atoms with Crippen LogP contribution in [0.15, 0.2) is 24.3 Å². The highest BCUT2D eigenvalue weighted by atomic mass is 16.5. The van der Waals surface area contributed by atoms with Crippen molar-refractivity contribution in [3.05, 3.63) is 24.3 Å². The molecule has 1 saturated heterocycles. The maximum absolute atomic E-state index is 12.8. The highest BCUT2D eigenvalue weighted by molar-refractivity contribution is 5.88. The monoisotopic (exact) mass is 360 g/mol. The quantitative estimate of drug-likeness (QED) is 0.761. The molecule has 2 aliphatic heterocycles. The summed E-state index contributed by atoms with van der Waals surface area (Å²) in [5, 5.41) is 2.48. The van der Waals surface area contributed by atoms with Crippen LogP contribution in [0.1, 0.15) is 19.3 Å². The van der Waals surface area contributed by atoms with E-state index >= 15 is 0 Å². The summed E-state index contributed by atoms with van der Waals surface area (Å²) < 4.78 is 5.92. The first-order valence-electron chi connectivity index (χ1n) is 8.89. The Balaban J connectivity index is 1.72. The zero-order valence-electron chi connectivity index (χ0n) is 14.6. The minimum Gasteiger partial charge on any atom is -0.477 e. The summed E-state index contributed by atoms with van der Waals surface area (Å²) >= 11 is 0. The van der Waals surface area contributed by atoms with E-state index in [9.17, 15) is 14.4 Å². The van der Waals surface area contributed by atoms with Gasteiger partial charge in [0.1, 0.15) is 5.75 Å². The molecule has 0 radical (unpaired) electrons. The number of likely N-dealkylation sites (tertiary alicyclic amines) is 1. The van der Waals surface area contributed by atoms with Crippen LogP contribution in [0.4, 0.5) is 5.69 Å². The molecule has 3 amide bonds. The van der Waals surface area contributed by atoms with Crippen LogP contribution in [-0.2, 0) is 14.4 Å². The average Bonchev–Trinajstić information content (AvgIpc) is 2.66. The summed E-state index contributed by atoms with van der Waals surface area (Å²) in [5.41, 5.74) is 5.81. The molecular formula is C18H24N4O4. The lowest BCUT2D eigenvalue weighted by atomic mass is 10.1. The van der Waals surface area contributed by atoms with Gasteiger partial charge in [-0.2, -0.15) is 0 Å². The van der Waals surface area contributed by atoms with E-state index in [0.29, 0.717) is 5.75 Å². The first-order chi connectivity index (χ1) is 12.5. The Bertz CT molecular complexity index is 688. The molecule has 1 aromatic rings. The van der Waals surface area contributed by atoms with Gasteiger partial charge < -0.3 is 25.6 Å². The number of piperidine rings is 1. The number of hydrogen-bond acceptors (Lipinski definition) is 5. The number of benzene rings is 1. The second-order valence-electron chi connectivity index (χ2n) is 6.58. The van der Waals surface area contributed by atoms with Crippen LogP contribution in [0.2, 0.25) is 0 Å². The molecule has 0 saturated carbocycles. The van der Waals surface area contributed by atoms with Crippen molar-refractivity contribution in [1.29, 1.82) is 0 Å². The number of nitrogens with one attached hydrogen (secondary N) is 1. The second kappa shape index (κ2) is 8.07. The topological polar surface area (TPSA) is 105 Å². The molecule has 1 aromatic carbocycles. The Kier molecular flexibility index (Phi) is 5.60. The molecule has 0 unspecified atom stereocenters. The number of para-hydroxylation sites is 2. The Morgan fingerprint density at radius 1 is 1.15 bits per heavy atom. The van der Waals surface area contributed by atoms with Gasteiger partial charge in [0, 0.05) is 13.1 Å². The van der Waals surface area contributed by atoms with Crippen molar-refractivity contribution in [2.24, 2.45) is 5.73 Å². The van der Waals surface area contributed by atoms with Crippen LogP contribution in [0.5, 0.6) is 5.75 Å². The predicted octanol–water partition coefficient (Wildman–Crippen LogP) is -0.132. The van der Waals surface area contributed by atoms with Crippen LogP contribution >= 0.6 is 0 Å². The third kappa shape index (κ3) is 4.25. The fourth-order valence-corrected chi connectivity index (χ4v) is 3.32. The Morgan fingerprint density at radius 3 is 2.62 bits per heavy atom. The van der Waals surface area contributed by atoms with E-state index in [1.165, 1.54) is 0 Å². The van der Waals surface area contributed by atoms with Gasteiger partial charge in [-0.25, -0.2) is 0 Å². The van der Waals surface area contributed by atoms with Gasteiger partial charge in [0.15, 0.2) is 6.10 Å². The van der Waals surface area contributed by atoms with Crippen molar-refractivity contribution < 1.29 is 19.1 Å². The van der Waals surface area contributed by atoms with Crippen molar-refractivity contribution in [1.82, 2.24) is 10.2 Å². The molecule has 1 atom stereocenters. The van der Waals surface area contributed by atoms with E-state index in [1.807, 2.05) is 28.0 Å². The van der Waals surface area contributed by atoms with E-state index in [4.69, 9.17) is 10.5 Å². The van der Waals surface area contributed by atoms with Gasteiger partial charge in [0.2, 0.25) is 11.8 Å². The predicted molar refractivity (Wildman–Crippen MR) is 95.7 cm³/mol. The largest absolute Gasteiger partial charge is 0.477 e. The van der Waals surface area contributed by atoms with Crippen LogP contribution < -0.4 is 20.7 Å². The molecule has 0 spiro atoms. The summed E-state index contributed by atoms with van der Waals surface area (Å²) in [4.78, 5) is 39.4. The zero-order valence-corrected chi connectivity index (χ0v) is 14.6. The van der Waals surface area contributed by atoms with Gasteiger partial charge in [-0.15, -0.1) is 0 Å². The minimum atomic E-state index is -0.646. The molecule has 8 nitrogen and oxygen atoms in total. The Hall–Kier alpha value is -2.77. The van der Waals surface area contributed by atoms with Gasteiger partial charge in [-0.05, 0) is 31.4 Å². The molecular weight excluding hydrogens is 336 g/mol. The van der Waals surface area contributed by atoms with E-state index in [1.54, 1.807) is 6.07 Å². The summed E-state index contributed by atoms with van der Waals surface area (Å²) in [7, 11) is 0. The van der Waals surface area contributed by atoms with E-state index in [2.05, 4.69) is 5.32 Å². The third-order valence-electron chi connectivity index (χ3n) is 4.60. The van der Waals surface area contributed by atoms with Gasteiger partial charge in [-0.1, -0.05) is 12.1 Å². The lowest BCUT2D eigenvalue weighted by Crippen LogP contribution is -2.53. The standard InChI is InChI=1S/C18H24N4O4/c19-16(23)10-20-17(24)12-22-11-15(18(25)21-8-4-1-5-9-21)26-14-7-3-2-6-13(14)22/h2-3,6-7,15H,1,4-5,8-12H2,(H2,19,23)(H,20,24)/t15-/m1/s1. The fourth-order valence-electron chi connectivity index (χ4n) is 3.32. The number of anilines is 1. The Labute approximate surface area is 152 Å². The number of hydrogen-bond donors (Lipinski definition) is 2. The van der Waals surface area contributed by atoms with Crippen molar-refractivity contribution in [2.45, 2.75) is 25.4 Å². The number of amides is 3. The van der Waals surface area contributed by atoms with Crippen LogP contribution in [0.25, 0.3) is 0 Å². The number of nitrogens with two attached hydrogens (primary N) is 1. The van der Waals surface area contributed by atoms with E-state index in [-0.39, 0.29) is 31.4 Å². The summed E-state index contributed by atoms with van der Waals surface area (Å²) in [5.74, 6) is -0.387. The molecule has 8 heteroatoms. The van der Waals surface area contributed by atoms with Gasteiger partial charge in [-0.3, -0.25) is 14.4 Å². The third-order valence-corrected chi connectivity index (χ3v) is 4.60. The van der Waals surface area contributed by atoms with Crippen molar-refractivity contribution in [3.8, 4) is 5.75 Å². The number of carbonyl (C=O) groups is 3. The molecule has 3 N–H and O–H groups in total. The minimum absolute atomic E-state index is 0.0252. The van der Waals surface area contributed by atoms with Crippen LogP contribution in [0, 0.1) is 0 Å². The molecule has 26 heavy (non-hydrogen) atoms. The smallest absolute Gasteiger partial charge is 0.265 e. The normalized spacial score (nSPS) is 19.3. The highest BCUT2D eigenvalue weighted by Crippen LogP contribution is 2.33. The maximum Gasteiger partial charge on any atom is 0.265 e. The number of carbonyl (C=O) groups excluding carboxylic acids is 3. The molecule has 2 aliphatic rings. The Morgan fingerprint density at radius 2 is 1.88 bits per heavy atom. The average molecular weight is 360 g/mol. The summed E-state index contributed by atoms with van der Waals surface area (Å²) in [6.45, 7) is 1.60. The molecule has 140 valence electrons. The number of ether oxygens (including phenoxy) is 1. The van der Waals surface area contributed by atoms with Crippen LogP contribution in [0.3, 0.4) is 0 Å². The number of fused-ring (bicyclic) bond motifs is 1. The van der Waals surface area contributed by atoms with Crippen molar-refractivity contribution in [3.63, 3.8) is 0 Å².